The molecule has 2 heterocycles. The van der Waals surface area contributed by atoms with Crippen LogP contribution in [0, 0.1) is 6.92 Å². The normalized spacial score (nSPS) is 15.3. The van der Waals surface area contributed by atoms with Crippen LogP contribution in [0.4, 0.5) is 5.69 Å². The van der Waals surface area contributed by atoms with Gasteiger partial charge in [-0.25, -0.2) is 0 Å². The summed E-state index contributed by atoms with van der Waals surface area (Å²) in [6.45, 7) is 6.51. The highest BCUT2D eigenvalue weighted by molar-refractivity contribution is 8.00. The zero-order valence-electron chi connectivity index (χ0n) is 11.0. The van der Waals surface area contributed by atoms with Crippen LogP contribution in [0.5, 0.6) is 0 Å². The number of nitrogens with zero attached hydrogens (tertiary/aromatic N) is 3. The van der Waals surface area contributed by atoms with Crippen molar-refractivity contribution in [3.63, 3.8) is 0 Å². The number of likely N-dealkylation sites (tertiary alicyclic amines) is 1. The molecular weight excluding hydrogens is 248 g/mol. The smallest absolute Gasteiger partial charge is 0.232 e. The number of nitrogens with two attached hydrogens (primary N) is 1. The molecule has 0 spiro atoms. The van der Waals surface area contributed by atoms with E-state index in [-0.39, 0.29) is 5.91 Å². The molecule has 0 aromatic carbocycles. The maximum absolute atomic E-state index is 12.0. The van der Waals surface area contributed by atoms with E-state index in [0.717, 1.165) is 43.2 Å². The van der Waals surface area contributed by atoms with E-state index in [1.165, 1.54) is 11.8 Å². The predicted octanol–water partition coefficient (Wildman–Crippen LogP) is 1.51. The molecule has 5 nitrogen and oxygen atoms in total. The lowest BCUT2D eigenvalue weighted by Gasteiger charge is -2.14. The van der Waals surface area contributed by atoms with Gasteiger partial charge in [0.2, 0.25) is 5.91 Å². The summed E-state index contributed by atoms with van der Waals surface area (Å²) in [6.07, 6.45) is 2.26. The van der Waals surface area contributed by atoms with Gasteiger partial charge in [-0.3, -0.25) is 9.48 Å². The molecule has 2 N–H and O–H groups in total. The number of rotatable bonds is 4. The van der Waals surface area contributed by atoms with Crippen LogP contribution in [-0.4, -0.2) is 39.4 Å². The van der Waals surface area contributed by atoms with Gasteiger partial charge in [0, 0.05) is 19.6 Å². The lowest BCUT2D eigenvalue weighted by molar-refractivity contribution is -0.127. The van der Waals surface area contributed by atoms with Gasteiger partial charge in [-0.15, -0.1) is 0 Å². The monoisotopic (exact) mass is 268 g/mol. The number of hydrogen-bond acceptors (Lipinski definition) is 4. The summed E-state index contributed by atoms with van der Waals surface area (Å²) in [4.78, 5) is 13.9. The highest BCUT2D eigenvalue weighted by Gasteiger charge is 2.19. The maximum atomic E-state index is 12.0. The third-order valence-corrected chi connectivity index (χ3v) is 4.31. The topological polar surface area (TPSA) is 64.2 Å². The molecule has 1 amide bonds. The molecule has 1 aromatic rings. The first kappa shape index (κ1) is 13.3. The van der Waals surface area contributed by atoms with Crippen molar-refractivity contribution in [3.8, 4) is 0 Å². The van der Waals surface area contributed by atoms with E-state index < -0.39 is 0 Å². The van der Waals surface area contributed by atoms with E-state index >= 15 is 0 Å². The summed E-state index contributed by atoms with van der Waals surface area (Å²) in [5.41, 5.74) is 7.53. The summed E-state index contributed by atoms with van der Waals surface area (Å²) in [5.74, 6) is 0.661. The fourth-order valence-electron chi connectivity index (χ4n) is 2.13. The van der Waals surface area contributed by atoms with E-state index in [1.807, 2.05) is 23.4 Å². The predicted molar refractivity (Wildman–Crippen MR) is 73.6 cm³/mol. The Balaban J connectivity index is 1.99. The van der Waals surface area contributed by atoms with Gasteiger partial charge in [0.05, 0.1) is 17.1 Å². The lowest BCUT2D eigenvalue weighted by Crippen LogP contribution is -2.29. The molecule has 0 aliphatic carbocycles. The van der Waals surface area contributed by atoms with Gasteiger partial charge in [0.25, 0.3) is 0 Å². The highest BCUT2D eigenvalue weighted by Crippen LogP contribution is 2.28. The SMILES string of the molecule is CCn1nc(C)c(N)c1SCC(=O)N1CCCC1. The van der Waals surface area contributed by atoms with E-state index in [0.29, 0.717) is 11.4 Å². The molecule has 1 saturated heterocycles. The van der Waals surface area contributed by atoms with Crippen molar-refractivity contribution in [2.24, 2.45) is 0 Å². The van der Waals surface area contributed by atoms with E-state index in [9.17, 15) is 4.79 Å². The Bertz CT molecular complexity index is 438. The average molecular weight is 268 g/mol. The van der Waals surface area contributed by atoms with Gasteiger partial charge in [0.1, 0.15) is 5.03 Å². The van der Waals surface area contributed by atoms with Gasteiger partial charge in [-0.1, -0.05) is 11.8 Å². The van der Waals surface area contributed by atoms with Gasteiger partial charge in [0.15, 0.2) is 0 Å². The van der Waals surface area contributed by atoms with Crippen LogP contribution in [0.1, 0.15) is 25.5 Å². The molecule has 1 aliphatic heterocycles. The first-order chi connectivity index (χ1) is 8.63. The lowest BCUT2D eigenvalue weighted by atomic mass is 10.4. The van der Waals surface area contributed by atoms with E-state index in [1.54, 1.807) is 0 Å². The molecule has 18 heavy (non-hydrogen) atoms. The number of nitrogen functional groups attached to an aromatic ring is 1. The van der Waals surface area contributed by atoms with Crippen molar-refractivity contribution < 1.29 is 4.79 Å². The molecule has 100 valence electrons. The summed E-state index contributed by atoms with van der Waals surface area (Å²) >= 11 is 1.50. The first-order valence-electron chi connectivity index (χ1n) is 6.37. The summed E-state index contributed by atoms with van der Waals surface area (Å²) in [7, 11) is 0. The quantitative estimate of drug-likeness (QED) is 0.841. The molecule has 0 bridgehead atoms. The minimum Gasteiger partial charge on any atom is -0.395 e. The Morgan fingerprint density at radius 3 is 2.72 bits per heavy atom. The Labute approximate surface area is 112 Å². The van der Waals surface area contributed by atoms with Crippen LogP contribution < -0.4 is 5.73 Å². The van der Waals surface area contributed by atoms with Crippen molar-refractivity contribution in [2.75, 3.05) is 24.6 Å². The Hall–Kier alpha value is -1.17. The minimum atomic E-state index is 0.207. The van der Waals surface area contributed by atoms with Crippen molar-refractivity contribution in [2.45, 2.75) is 38.3 Å². The molecular formula is C12H20N4OS. The molecule has 6 heteroatoms. The number of anilines is 1. The fraction of sp³-hybridized carbons (Fsp3) is 0.667. The van der Waals surface area contributed by atoms with Gasteiger partial charge in [-0.2, -0.15) is 5.10 Å². The first-order valence-corrected chi connectivity index (χ1v) is 7.35. The van der Waals surface area contributed by atoms with Gasteiger partial charge >= 0.3 is 0 Å². The number of hydrogen-bond donors (Lipinski definition) is 1. The van der Waals surface area contributed by atoms with Crippen LogP contribution in [0.2, 0.25) is 0 Å². The van der Waals surface area contributed by atoms with Crippen LogP contribution in [0.3, 0.4) is 0 Å². The standard InChI is InChI=1S/C12H20N4OS/c1-3-16-12(11(13)9(2)14-16)18-8-10(17)15-6-4-5-7-15/h3-8,13H2,1-2H3. The summed E-state index contributed by atoms with van der Waals surface area (Å²) in [5, 5.41) is 5.27. The second-order valence-corrected chi connectivity index (χ2v) is 5.46. The van der Waals surface area contributed by atoms with Gasteiger partial charge < -0.3 is 10.6 Å². The van der Waals surface area contributed by atoms with Gasteiger partial charge in [-0.05, 0) is 26.7 Å². The van der Waals surface area contributed by atoms with Crippen molar-refractivity contribution in [3.05, 3.63) is 5.69 Å². The molecule has 2 rings (SSSR count). The Morgan fingerprint density at radius 1 is 1.44 bits per heavy atom. The zero-order chi connectivity index (χ0) is 13.1. The largest absolute Gasteiger partial charge is 0.395 e. The van der Waals surface area contributed by atoms with Crippen LogP contribution >= 0.6 is 11.8 Å². The van der Waals surface area contributed by atoms with Crippen LogP contribution in [0.15, 0.2) is 5.03 Å². The number of amides is 1. The third kappa shape index (κ3) is 2.63. The second-order valence-electron chi connectivity index (χ2n) is 4.50. The summed E-state index contributed by atoms with van der Waals surface area (Å²) < 4.78 is 1.87. The van der Waals surface area contributed by atoms with Crippen molar-refractivity contribution in [1.82, 2.24) is 14.7 Å². The molecule has 0 unspecified atom stereocenters. The highest BCUT2D eigenvalue weighted by atomic mass is 32.2. The number of thioether (sulfide) groups is 1. The number of aryl methyl sites for hydroxylation is 2. The molecule has 1 aromatic heterocycles. The molecule has 1 fully saturated rings. The molecule has 0 saturated carbocycles. The van der Waals surface area contributed by atoms with Crippen molar-refractivity contribution in [1.29, 1.82) is 0 Å². The number of carbonyl (C=O) groups is 1. The van der Waals surface area contributed by atoms with Crippen LogP contribution in [-0.2, 0) is 11.3 Å². The Morgan fingerprint density at radius 2 is 2.11 bits per heavy atom. The second kappa shape index (κ2) is 5.65. The molecule has 0 atom stereocenters. The fourth-order valence-corrected chi connectivity index (χ4v) is 3.19. The number of aromatic nitrogens is 2. The zero-order valence-corrected chi connectivity index (χ0v) is 11.8. The van der Waals surface area contributed by atoms with Crippen LogP contribution in [0.25, 0.3) is 0 Å². The molecule has 1 aliphatic rings. The maximum Gasteiger partial charge on any atom is 0.232 e. The minimum absolute atomic E-state index is 0.207. The number of carbonyl (C=O) groups excluding carboxylic acids is 1. The Kier molecular flexibility index (Phi) is 4.16. The average Bonchev–Trinajstić information content (AvgIpc) is 2.97. The third-order valence-electron chi connectivity index (χ3n) is 3.22. The van der Waals surface area contributed by atoms with E-state index in [2.05, 4.69) is 5.10 Å². The van der Waals surface area contributed by atoms with Crippen molar-refractivity contribution >= 4 is 23.4 Å². The van der Waals surface area contributed by atoms with E-state index in [4.69, 9.17) is 5.73 Å². The molecule has 0 radical (unpaired) electrons. The summed E-state index contributed by atoms with van der Waals surface area (Å²) in [6, 6.07) is 0.